The van der Waals surface area contributed by atoms with Crippen molar-refractivity contribution >= 4 is 17.7 Å². The number of methoxy groups -OCH3 is 1. The van der Waals surface area contributed by atoms with Crippen molar-refractivity contribution < 1.29 is 9.53 Å². The van der Waals surface area contributed by atoms with E-state index in [2.05, 4.69) is 10.2 Å². The molecule has 2 aromatic rings. The van der Waals surface area contributed by atoms with Crippen LogP contribution in [0.5, 0.6) is 5.75 Å². The summed E-state index contributed by atoms with van der Waals surface area (Å²) >= 11 is 1.26. The molecule has 2 rings (SSSR count). The number of hydrogen-bond donors (Lipinski definition) is 1. The van der Waals surface area contributed by atoms with E-state index in [1.807, 2.05) is 35.9 Å². The van der Waals surface area contributed by atoms with Crippen LogP contribution in [0.15, 0.2) is 29.4 Å². The predicted octanol–water partition coefficient (Wildman–Crippen LogP) is 1.07. The minimum atomic E-state index is -0.383. The Morgan fingerprint density at radius 1 is 1.42 bits per heavy atom. The van der Waals surface area contributed by atoms with Crippen LogP contribution >= 0.6 is 11.8 Å². The van der Waals surface area contributed by atoms with E-state index in [0.29, 0.717) is 11.0 Å². The number of benzene rings is 1. The molecule has 0 aliphatic carbocycles. The van der Waals surface area contributed by atoms with Crippen LogP contribution in [0.1, 0.15) is 0 Å². The number of amides is 1. The van der Waals surface area contributed by atoms with Crippen molar-refractivity contribution in [3.8, 4) is 17.1 Å². The van der Waals surface area contributed by atoms with Gasteiger partial charge in [-0.3, -0.25) is 4.79 Å². The molecule has 6 nitrogen and oxygen atoms in total. The molecule has 100 valence electrons. The summed E-state index contributed by atoms with van der Waals surface area (Å²) in [5.74, 6) is 1.21. The van der Waals surface area contributed by atoms with E-state index in [-0.39, 0.29) is 11.7 Å². The van der Waals surface area contributed by atoms with Crippen LogP contribution in [0.4, 0.5) is 0 Å². The monoisotopic (exact) mass is 278 g/mol. The molecule has 0 saturated carbocycles. The van der Waals surface area contributed by atoms with Gasteiger partial charge in [-0.1, -0.05) is 23.9 Å². The molecule has 19 heavy (non-hydrogen) atoms. The van der Waals surface area contributed by atoms with Crippen LogP contribution < -0.4 is 10.5 Å². The van der Waals surface area contributed by atoms with Gasteiger partial charge in [0, 0.05) is 7.05 Å². The van der Waals surface area contributed by atoms with Crippen molar-refractivity contribution in [3.05, 3.63) is 24.3 Å². The molecule has 0 unspecified atom stereocenters. The van der Waals surface area contributed by atoms with Crippen LogP contribution in [0.3, 0.4) is 0 Å². The minimum Gasteiger partial charge on any atom is -0.496 e. The molecule has 0 saturated heterocycles. The summed E-state index contributed by atoms with van der Waals surface area (Å²) in [7, 11) is 3.45. The fourth-order valence-corrected chi connectivity index (χ4v) is 2.29. The molecule has 1 heterocycles. The molecular weight excluding hydrogens is 264 g/mol. The Kier molecular flexibility index (Phi) is 4.06. The highest BCUT2D eigenvalue weighted by molar-refractivity contribution is 7.99. The number of aromatic nitrogens is 3. The van der Waals surface area contributed by atoms with Gasteiger partial charge in [-0.2, -0.15) is 0 Å². The third-order valence-electron chi connectivity index (χ3n) is 2.53. The molecular formula is C12H14N4O2S. The molecule has 7 heteroatoms. The molecule has 0 atom stereocenters. The Morgan fingerprint density at radius 3 is 2.84 bits per heavy atom. The van der Waals surface area contributed by atoms with Gasteiger partial charge in [0.2, 0.25) is 5.91 Å². The zero-order valence-corrected chi connectivity index (χ0v) is 11.5. The summed E-state index contributed by atoms with van der Waals surface area (Å²) in [5, 5.41) is 8.82. The predicted molar refractivity (Wildman–Crippen MR) is 72.9 cm³/mol. The Balaban J connectivity index is 2.33. The number of primary amides is 1. The van der Waals surface area contributed by atoms with Crippen LogP contribution in [0, 0.1) is 0 Å². The number of nitrogens with two attached hydrogens (primary N) is 1. The van der Waals surface area contributed by atoms with Gasteiger partial charge in [0.05, 0.1) is 18.4 Å². The van der Waals surface area contributed by atoms with Gasteiger partial charge in [0.15, 0.2) is 11.0 Å². The zero-order chi connectivity index (χ0) is 13.8. The molecule has 1 aromatic carbocycles. The number of rotatable bonds is 5. The van der Waals surface area contributed by atoms with Gasteiger partial charge >= 0.3 is 0 Å². The Hall–Kier alpha value is -2.02. The SMILES string of the molecule is COc1ccccc1-c1nnc(SCC(N)=O)n1C. The van der Waals surface area contributed by atoms with Crippen molar-refractivity contribution in [2.24, 2.45) is 12.8 Å². The Bertz CT molecular complexity index is 597. The first kappa shape index (κ1) is 13.4. The number of hydrogen-bond acceptors (Lipinski definition) is 5. The molecule has 0 spiro atoms. The average molecular weight is 278 g/mol. The van der Waals surface area contributed by atoms with E-state index in [0.717, 1.165) is 11.3 Å². The highest BCUT2D eigenvalue weighted by Crippen LogP contribution is 2.29. The molecule has 2 N–H and O–H groups in total. The van der Waals surface area contributed by atoms with Crippen LogP contribution in [-0.4, -0.2) is 33.5 Å². The zero-order valence-electron chi connectivity index (χ0n) is 10.7. The van der Waals surface area contributed by atoms with Gasteiger partial charge in [0.25, 0.3) is 0 Å². The highest BCUT2D eigenvalue weighted by atomic mass is 32.2. The number of carbonyl (C=O) groups is 1. The van der Waals surface area contributed by atoms with Crippen molar-refractivity contribution in [2.75, 3.05) is 12.9 Å². The number of para-hydroxylation sites is 1. The first-order chi connectivity index (χ1) is 9.13. The van der Waals surface area contributed by atoms with Crippen molar-refractivity contribution in [1.29, 1.82) is 0 Å². The molecule has 1 aromatic heterocycles. The van der Waals surface area contributed by atoms with Crippen LogP contribution in [0.2, 0.25) is 0 Å². The fourth-order valence-electron chi connectivity index (χ4n) is 1.64. The lowest BCUT2D eigenvalue weighted by Crippen LogP contribution is -2.13. The van der Waals surface area contributed by atoms with Crippen LogP contribution in [-0.2, 0) is 11.8 Å². The van der Waals surface area contributed by atoms with E-state index >= 15 is 0 Å². The number of nitrogens with zero attached hydrogens (tertiary/aromatic N) is 3. The lowest BCUT2D eigenvalue weighted by molar-refractivity contribution is -0.115. The lowest BCUT2D eigenvalue weighted by atomic mass is 10.2. The van der Waals surface area contributed by atoms with Gasteiger partial charge in [-0.05, 0) is 12.1 Å². The largest absolute Gasteiger partial charge is 0.496 e. The lowest BCUT2D eigenvalue weighted by Gasteiger charge is -2.07. The third-order valence-corrected chi connectivity index (χ3v) is 3.57. The number of thioether (sulfide) groups is 1. The first-order valence-electron chi connectivity index (χ1n) is 5.57. The van der Waals surface area contributed by atoms with Crippen molar-refractivity contribution in [1.82, 2.24) is 14.8 Å². The topological polar surface area (TPSA) is 83.0 Å². The molecule has 1 amide bonds. The standard InChI is InChI=1S/C12H14N4O2S/c1-16-11(8-5-3-4-6-9(8)18-2)14-15-12(16)19-7-10(13)17/h3-6H,7H2,1-2H3,(H2,13,17). The van der Waals surface area contributed by atoms with Crippen LogP contribution in [0.25, 0.3) is 11.4 Å². The maximum atomic E-state index is 10.8. The minimum absolute atomic E-state index is 0.178. The van der Waals surface area contributed by atoms with Gasteiger partial charge in [-0.15, -0.1) is 10.2 Å². The summed E-state index contributed by atoms with van der Waals surface area (Å²) < 4.78 is 7.11. The summed E-state index contributed by atoms with van der Waals surface area (Å²) in [6.45, 7) is 0. The van der Waals surface area contributed by atoms with E-state index in [1.165, 1.54) is 11.8 Å². The summed E-state index contributed by atoms with van der Waals surface area (Å²) in [4.78, 5) is 10.8. The molecule has 0 aliphatic rings. The normalized spacial score (nSPS) is 10.4. The Labute approximate surface area is 115 Å². The van der Waals surface area contributed by atoms with E-state index in [4.69, 9.17) is 10.5 Å². The summed E-state index contributed by atoms with van der Waals surface area (Å²) in [6, 6.07) is 7.57. The number of ether oxygens (including phenoxy) is 1. The van der Waals surface area contributed by atoms with Crippen molar-refractivity contribution in [2.45, 2.75) is 5.16 Å². The average Bonchev–Trinajstić information content (AvgIpc) is 2.77. The smallest absolute Gasteiger partial charge is 0.227 e. The maximum absolute atomic E-state index is 10.8. The first-order valence-corrected chi connectivity index (χ1v) is 6.56. The quantitative estimate of drug-likeness (QED) is 0.827. The summed E-state index contributed by atoms with van der Waals surface area (Å²) in [6.07, 6.45) is 0. The molecule has 0 aliphatic heterocycles. The fraction of sp³-hybridized carbons (Fsp3) is 0.250. The van der Waals surface area contributed by atoms with E-state index in [9.17, 15) is 4.79 Å². The van der Waals surface area contributed by atoms with Gasteiger partial charge in [-0.25, -0.2) is 0 Å². The Morgan fingerprint density at radius 2 is 2.16 bits per heavy atom. The van der Waals surface area contributed by atoms with Gasteiger partial charge in [0.1, 0.15) is 5.75 Å². The van der Waals surface area contributed by atoms with E-state index in [1.54, 1.807) is 7.11 Å². The summed E-state index contributed by atoms with van der Waals surface area (Å²) in [5.41, 5.74) is 5.97. The highest BCUT2D eigenvalue weighted by Gasteiger charge is 2.15. The maximum Gasteiger partial charge on any atom is 0.227 e. The third kappa shape index (κ3) is 2.87. The second-order valence-corrected chi connectivity index (χ2v) is 4.76. The number of carbonyl (C=O) groups excluding carboxylic acids is 1. The molecule has 0 radical (unpaired) electrons. The molecule has 0 fully saturated rings. The molecule has 0 bridgehead atoms. The second-order valence-electron chi connectivity index (χ2n) is 3.82. The van der Waals surface area contributed by atoms with Gasteiger partial charge < -0.3 is 15.0 Å². The van der Waals surface area contributed by atoms with E-state index < -0.39 is 0 Å². The second kappa shape index (κ2) is 5.75. The van der Waals surface area contributed by atoms with Crippen molar-refractivity contribution in [3.63, 3.8) is 0 Å².